The maximum Gasteiger partial charge on any atom is 0.418 e. The first-order valence-corrected chi connectivity index (χ1v) is 6.49. The number of fused-ring (bicyclic) bond motifs is 1. The van der Waals surface area contributed by atoms with Gasteiger partial charge in [0.15, 0.2) is 0 Å². The first-order valence-electron chi connectivity index (χ1n) is 6.49. The van der Waals surface area contributed by atoms with Gasteiger partial charge in [-0.3, -0.25) is 9.78 Å². The number of carbonyl (C=O) groups is 1. The summed E-state index contributed by atoms with van der Waals surface area (Å²) < 4.78 is 13.7. The Labute approximate surface area is 124 Å². The molecule has 5 nitrogen and oxygen atoms in total. The Morgan fingerprint density at radius 1 is 1.23 bits per heavy atom. The summed E-state index contributed by atoms with van der Waals surface area (Å²) in [7, 11) is 0. The zero-order valence-electron chi connectivity index (χ0n) is 11.6. The molecule has 1 aromatic carbocycles. The van der Waals surface area contributed by atoms with Crippen molar-refractivity contribution in [2.24, 2.45) is 0 Å². The summed E-state index contributed by atoms with van der Waals surface area (Å²) in [5, 5.41) is 9.86. The minimum absolute atomic E-state index is 0.196. The number of hydrogen-bond acceptors (Lipinski definition) is 3. The van der Waals surface area contributed by atoms with Gasteiger partial charge in [0, 0.05) is 17.5 Å². The molecular formula is C16H11FN2O3. The van der Waals surface area contributed by atoms with Gasteiger partial charge in [-0.2, -0.15) is 0 Å². The Morgan fingerprint density at radius 3 is 2.55 bits per heavy atom. The van der Waals surface area contributed by atoms with E-state index in [0.717, 1.165) is 0 Å². The van der Waals surface area contributed by atoms with E-state index in [-0.39, 0.29) is 5.39 Å². The highest BCUT2D eigenvalue weighted by molar-refractivity contribution is 5.95. The molecular weight excluding hydrogens is 287 g/mol. The van der Waals surface area contributed by atoms with Crippen molar-refractivity contribution < 1.29 is 14.3 Å². The molecule has 0 fully saturated rings. The molecule has 0 aliphatic heterocycles. The maximum atomic E-state index is 13.1. The Balaban J connectivity index is 2.42. The fourth-order valence-electron chi connectivity index (χ4n) is 2.36. The minimum atomic E-state index is -1.36. The van der Waals surface area contributed by atoms with Gasteiger partial charge in [-0.15, -0.1) is 0 Å². The van der Waals surface area contributed by atoms with Gasteiger partial charge in [0.05, 0.1) is 11.1 Å². The molecule has 3 aromatic rings. The van der Waals surface area contributed by atoms with Crippen LogP contribution in [0.4, 0.5) is 9.18 Å². The van der Waals surface area contributed by atoms with Crippen LogP contribution in [0.3, 0.4) is 0 Å². The summed E-state index contributed by atoms with van der Waals surface area (Å²) in [6.45, 7) is 1.77. The summed E-state index contributed by atoms with van der Waals surface area (Å²) in [4.78, 5) is 27.9. The van der Waals surface area contributed by atoms with Crippen LogP contribution in [0.2, 0.25) is 0 Å². The first kappa shape index (κ1) is 13.9. The summed E-state index contributed by atoms with van der Waals surface area (Å²) >= 11 is 0. The molecule has 6 heteroatoms. The van der Waals surface area contributed by atoms with Crippen LogP contribution in [0, 0.1) is 12.7 Å². The third-order valence-electron chi connectivity index (χ3n) is 3.34. The van der Waals surface area contributed by atoms with Crippen LogP contribution in [-0.4, -0.2) is 20.8 Å². The molecule has 0 aliphatic carbocycles. The van der Waals surface area contributed by atoms with E-state index in [1.807, 2.05) is 0 Å². The summed E-state index contributed by atoms with van der Waals surface area (Å²) in [6, 6.07) is 8.80. The molecule has 0 saturated heterocycles. The van der Waals surface area contributed by atoms with E-state index in [4.69, 9.17) is 5.11 Å². The lowest BCUT2D eigenvalue weighted by Gasteiger charge is -2.09. The standard InChI is InChI=1S/C16H11FN2O3/c1-9-8-11-6-7-19(16(21)22)15(20)13(11)14(18-9)10-2-4-12(17)5-3-10/h2-8H,1H3,(H,21,22). The molecule has 1 N–H and O–H groups in total. The smallest absolute Gasteiger partial charge is 0.418 e. The van der Waals surface area contributed by atoms with E-state index in [1.165, 1.54) is 30.5 Å². The van der Waals surface area contributed by atoms with Gasteiger partial charge in [-0.25, -0.2) is 13.8 Å². The maximum absolute atomic E-state index is 13.1. The summed E-state index contributed by atoms with van der Waals surface area (Å²) in [5.41, 5.74) is 0.905. The lowest BCUT2D eigenvalue weighted by Crippen LogP contribution is -2.25. The molecule has 0 saturated carbocycles. The molecule has 0 bridgehead atoms. The average molecular weight is 298 g/mol. The molecule has 0 spiro atoms. The van der Waals surface area contributed by atoms with Crippen molar-refractivity contribution in [2.75, 3.05) is 0 Å². The van der Waals surface area contributed by atoms with Gasteiger partial charge >= 0.3 is 6.09 Å². The summed E-state index contributed by atoms with van der Waals surface area (Å²) in [5.74, 6) is -0.399. The highest BCUT2D eigenvalue weighted by Gasteiger charge is 2.14. The zero-order chi connectivity index (χ0) is 15.9. The van der Waals surface area contributed by atoms with Crippen LogP contribution < -0.4 is 5.56 Å². The Morgan fingerprint density at radius 2 is 1.91 bits per heavy atom. The topological polar surface area (TPSA) is 72.2 Å². The van der Waals surface area contributed by atoms with Crippen LogP contribution in [-0.2, 0) is 0 Å². The summed E-state index contributed by atoms with van der Waals surface area (Å²) in [6.07, 6.45) is -0.154. The van der Waals surface area contributed by atoms with Crippen molar-refractivity contribution in [3.05, 3.63) is 64.5 Å². The molecule has 22 heavy (non-hydrogen) atoms. The van der Waals surface area contributed by atoms with Crippen molar-refractivity contribution in [2.45, 2.75) is 6.92 Å². The average Bonchev–Trinajstić information content (AvgIpc) is 2.47. The van der Waals surface area contributed by atoms with Crippen LogP contribution in [0.1, 0.15) is 5.69 Å². The highest BCUT2D eigenvalue weighted by Crippen LogP contribution is 2.25. The van der Waals surface area contributed by atoms with E-state index in [1.54, 1.807) is 19.1 Å². The van der Waals surface area contributed by atoms with E-state index < -0.39 is 17.5 Å². The van der Waals surface area contributed by atoms with E-state index in [9.17, 15) is 14.0 Å². The SMILES string of the molecule is Cc1cc2ccn(C(=O)O)c(=O)c2c(-c2ccc(F)cc2)n1. The van der Waals surface area contributed by atoms with Gasteiger partial charge in [-0.1, -0.05) is 0 Å². The number of nitrogens with zero attached hydrogens (tertiary/aromatic N) is 2. The van der Waals surface area contributed by atoms with Crippen LogP contribution in [0.25, 0.3) is 22.0 Å². The van der Waals surface area contributed by atoms with Gasteiger partial charge in [0.1, 0.15) is 5.82 Å². The molecule has 0 radical (unpaired) electrons. The predicted molar refractivity (Wildman–Crippen MR) is 79.6 cm³/mol. The van der Waals surface area contributed by atoms with Crippen molar-refractivity contribution >= 4 is 16.9 Å². The number of hydrogen-bond donors (Lipinski definition) is 1. The molecule has 0 atom stereocenters. The number of benzene rings is 1. The first-order chi connectivity index (χ1) is 10.5. The largest absolute Gasteiger partial charge is 0.464 e. The second-order valence-corrected chi connectivity index (χ2v) is 4.86. The third kappa shape index (κ3) is 2.24. The van der Waals surface area contributed by atoms with Gasteiger partial charge in [-0.05, 0) is 48.7 Å². The Hall–Kier alpha value is -3.02. The zero-order valence-corrected chi connectivity index (χ0v) is 11.6. The quantitative estimate of drug-likeness (QED) is 0.749. The Kier molecular flexibility index (Phi) is 3.21. The predicted octanol–water partition coefficient (Wildman–Crippen LogP) is 3.04. The second kappa shape index (κ2) is 5.07. The van der Waals surface area contributed by atoms with Gasteiger partial charge in [0.25, 0.3) is 5.56 Å². The number of carboxylic acid groups (broad SMARTS) is 1. The molecule has 0 unspecified atom stereocenters. The second-order valence-electron chi connectivity index (χ2n) is 4.86. The molecule has 0 amide bonds. The van der Waals surface area contributed by atoms with E-state index in [0.29, 0.717) is 26.9 Å². The normalized spacial score (nSPS) is 10.8. The Bertz CT molecular complexity index is 946. The molecule has 110 valence electrons. The van der Waals surface area contributed by atoms with Gasteiger partial charge < -0.3 is 5.11 Å². The molecule has 2 aromatic heterocycles. The fraction of sp³-hybridized carbons (Fsp3) is 0.0625. The minimum Gasteiger partial charge on any atom is -0.464 e. The van der Waals surface area contributed by atoms with Crippen molar-refractivity contribution in [1.82, 2.24) is 9.55 Å². The lowest BCUT2D eigenvalue weighted by molar-refractivity contribution is 0.195. The number of halogens is 1. The van der Waals surface area contributed by atoms with E-state index in [2.05, 4.69) is 4.98 Å². The van der Waals surface area contributed by atoms with Crippen LogP contribution in [0.15, 0.2) is 47.4 Å². The molecule has 2 heterocycles. The van der Waals surface area contributed by atoms with Crippen LogP contribution >= 0.6 is 0 Å². The fourth-order valence-corrected chi connectivity index (χ4v) is 2.36. The lowest BCUT2D eigenvalue weighted by atomic mass is 10.0. The van der Waals surface area contributed by atoms with Crippen molar-refractivity contribution in [3.63, 3.8) is 0 Å². The number of aryl methyl sites for hydroxylation is 1. The molecule has 0 aliphatic rings. The number of rotatable bonds is 1. The van der Waals surface area contributed by atoms with Crippen molar-refractivity contribution in [1.29, 1.82) is 0 Å². The van der Waals surface area contributed by atoms with E-state index >= 15 is 0 Å². The number of pyridine rings is 2. The molecule has 3 rings (SSSR count). The van der Waals surface area contributed by atoms with Crippen molar-refractivity contribution in [3.8, 4) is 11.3 Å². The highest BCUT2D eigenvalue weighted by atomic mass is 19.1. The number of aromatic nitrogens is 2. The van der Waals surface area contributed by atoms with Gasteiger partial charge in [0.2, 0.25) is 0 Å². The monoisotopic (exact) mass is 298 g/mol. The van der Waals surface area contributed by atoms with Crippen LogP contribution in [0.5, 0.6) is 0 Å². The third-order valence-corrected chi connectivity index (χ3v) is 3.34.